The van der Waals surface area contributed by atoms with Gasteiger partial charge in [0.2, 0.25) is 5.76 Å². The molecule has 0 amide bonds. The lowest BCUT2D eigenvalue weighted by Gasteiger charge is -2.27. The molecule has 106 valence electrons. The van der Waals surface area contributed by atoms with Gasteiger partial charge in [0.25, 0.3) is 0 Å². The van der Waals surface area contributed by atoms with Crippen molar-refractivity contribution in [3.8, 4) is 0 Å². The molecule has 2 rings (SSSR count). The van der Waals surface area contributed by atoms with Gasteiger partial charge in [-0.3, -0.25) is 0 Å². The van der Waals surface area contributed by atoms with Crippen molar-refractivity contribution >= 4 is 5.97 Å². The Kier molecular flexibility index (Phi) is 4.99. The van der Waals surface area contributed by atoms with Crippen LogP contribution in [-0.4, -0.2) is 44.7 Å². The smallest absolute Gasteiger partial charge is 0.374 e. The fraction of sp³-hybridized carbons (Fsp3) is 0.643. The number of furan rings is 1. The Balaban J connectivity index is 1.89. The van der Waals surface area contributed by atoms with E-state index in [0.717, 1.165) is 31.1 Å². The predicted octanol–water partition coefficient (Wildman–Crippen LogP) is 1.50. The van der Waals surface area contributed by atoms with Crippen LogP contribution in [0.4, 0.5) is 0 Å². The maximum Gasteiger partial charge on any atom is 0.374 e. The third-order valence-electron chi connectivity index (χ3n) is 3.59. The predicted molar refractivity (Wildman–Crippen MR) is 72.0 cm³/mol. The highest BCUT2D eigenvalue weighted by Crippen LogP contribution is 2.17. The number of methoxy groups -OCH3 is 1. The summed E-state index contributed by atoms with van der Waals surface area (Å²) >= 11 is 0. The van der Waals surface area contributed by atoms with Crippen LogP contribution < -0.4 is 5.32 Å². The van der Waals surface area contributed by atoms with Crippen LogP contribution in [0, 0.1) is 5.92 Å². The zero-order valence-corrected chi connectivity index (χ0v) is 11.6. The first-order chi connectivity index (χ1) is 9.20. The molecule has 5 heteroatoms. The van der Waals surface area contributed by atoms with Gasteiger partial charge in [-0.1, -0.05) is 0 Å². The van der Waals surface area contributed by atoms with E-state index in [1.807, 2.05) is 6.07 Å². The van der Waals surface area contributed by atoms with E-state index < -0.39 is 5.97 Å². The summed E-state index contributed by atoms with van der Waals surface area (Å²) in [5, 5.41) is 3.37. The number of piperidine rings is 1. The summed E-state index contributed by atoms with van der Waals surface area (Å²) in [5.74, 6) is 0.648. The van der Waals surface area contributed by atoms with E-state index >= 15 is 0 Å². The Morgan fingerprint density at radius 2 is 2.26 bits per heavy atom. The van der Waals surface area contributed by atoms with Gasteiger partial charge in [0.1, 0.15) is 0 Å². The second-order valence-corrected chi connectivity index (χ2v) is 5.16. The van der Waals surface area contributed by atoms with Crippen molar-refractivity contribution in [1.82, 2.24) is 10.2 Å². The van der Waals surface area contributed by atoms with E-state index in [9.17, 15) is 4.79 Å². The Hall–Kier alpha value is -1.33. The molecule has 19 heavy (non-hydrogen) atoms. The molecule has 0 unspecified atom stereocenters. The number of nitrogens with zero attached hydrogens (tertiary/aromatic N) is 1. The van der Waals surface area contributed by atoms with Gasteiger partial charge >= 0.3 is 5.97 Å². The summed E-state index contributed by atoms with van der Waals surface area (Å²) in [6, 6.07) is 1.84. The molecule has 1 fully saturated rings. The second kappa shape index (κ2) is 6.73. The number of hydrogen-bond donors (Lipinski definition) is 1. The zero-order valence-electron chi connectivity index (χ0n) is 11.6. The van der Waals surface area contributed by atoms with Crippen LogP contribution in [0.1, 0.15) is 29.0 Å². The molecule has 2 heterocycles. The summed E-state index contributed by atoms with van der Waals surface area (Å²) in [6.07, 6.45) is 3.99. The molecule has 1 aromatic rings. The van der Waals surface area contributed by atoms with Gasteiger partial charge < -0.3 is 19.4 Å². The summed E-state index contributed by atoms with van der Waals surface area (Å²) in [5.41, 5.74) is 0.892. The van der Waals surface area contributed by atoms with Crippen molar-refractivity contribution in [2.75, 3.05) is 33.8 Å². The Bertz CT molecular complexity index is 411. The molecule has 1 saturated heterocycles. The van der Waals surface area contributed by atoms with Gasteiger partial charge in [0.15, 0.2) is 0 Å². The van der Waals surface area contributed by atoms with E-state index in [-0.39, 0.29) is 0 Å². The van der Waals surface area contributed by atoms with E-state index in [1.54, 1.807) is 6.26 Å². The quantitative estimate of drug-likeness (QED) is 0.818. The molecule has 0 spiro atoms. The van der Waals surface area contributed by atoms with Gasteiger partial charge in [0.05, 0.1) is 13.4 Å². The van der Waals surface area contributed by atoms with Crippen LogP contribution in [0.15, 0.2) is 16.7 Å². The van der Waals surface area contributed by atoms with E-state index in [0.29, 0.717) is 12.3 Å². The van der Waals surface area contributed by atoms with Crippen molar-refractivity contribution in [3.63, 3.8) is 0 Å². The third-order valence-corrected chi connectivity index (χ3v) is 3.59. The largest absolute Gasteiger partial charge is 0.463 e. The molecule has 0 bridgehead atoms. The zero-order chi connectivity index (χ0) is 13.7. The van der Waals surface area contributed by atoms with Gasteiger partial charge in [-0.15, -0.1) is 0 Å². The number of carbonyl (C=O) groups is 1. The minimum Gasteiger partial charge on any atom is -0.463 e. The van der Waals surface area contributed by atoms with Crippen molar-refractivity contribution in [3.05, 3.63) is 23.7 Å². The maximum absolute atomic E-state index is 11.5. The van der Waals surface area contributed by atoms with E-state index in [4.69, 9.17) is 9.15 Å². The normalized spacial score (nSPS) is 16.8. The summed E-state index contributed by atoms with van der Waals surface area (Å²) < 4.78 is 9.90. The Labute approximate surface area is 113 Å². The van der Waals surface area contributed by atoms with Crippen LogP contribution in [-0.2, 0) is 11.3 Å². The minimum absolute atomic E-state index is 0.319. The molecule has 1 aliphatic rings. The molecule has 1 N–H and O–H groups in total. The molecule has 0 aromatic carbocycles. The molecule has 1 aromatic heterocycles. The molecular formula is C14H22N2O3. The first kappa shape index (κ1) is 14.1. The lowest BCUT2D eigenvalue weighted by Crippen LogP contribution is -2.34. The van der Waals surface area contributed by atoms with Crippen LogP contribution in [0.2, 0.25) is 0 Å². The van der Waals surface area contributed by atoms with Crippen LogP contribution in [0.3, 0.4) is 0 Å². The second-order valence-electron chi connectivity index (χ2n) is 5.16. The van der Waals surface area contributed by atoms with Gasteiger partial charge in [0, 0.05) is 18.7 Å². The highest BCUT2D eigenvalue weighted by molar-refractivity contribution is 5.87. The summed E-state index contributed by atoms with van der Waals surface area (Å²) in [7, 11) is 3.45. The fourth-order valence-electron chi connectivity index (χ4n) is 2.59. The molecule has 5 nitrogen and oxygen atoms in total. The van der Waals surface area contributed by atoms with Crippen LogP contribution in [0.5, 0.6) is 0 Å². The number of hydrogen-bond acceptors (Lipinski definition) is 5. The molecule has 0 saturated carbocycles. The van der Waals surface area contributed by atoms with E-state index in [2.05, 4.69) is 17.3 Å². The fourth-order valence-corrected chi connectivity index (χ4v) is 2.59. The van der Waals surface area contributed by atoms with Crippen molar-refractivity contribution < 1.29 is 13.9 Å². The van der Waals surface area contributed by atoms with Gasteiger partial charge in [-0.25, -0.2) is 4.79 Å². The van der Waals surface area contributed by atoms with Crippen LogP contribution >= 0.6 is 0 Å². The third kappa shape index (κ3) is 3.81. The summed E-state index contributed by atoms with van der Waals surface area (Å²) in [6.45, 7) is 3.98. The first-order valence-corrected chi connectivity index (χ1v) is 6.74. The standard InChI is InChI=1S/C14H22N2O3/c1-16(9-11-3-6-15-7-4-11)10-12-5-8-19-13(12)14(17)18-2/h5,8,11,15H,3-4,6-7,9-10H2,1-2H3. The maximum atomic E-state index is 11.5. The molecule has 0 radical (unpaired) electrons. The number of rotatable bonds is 5. The number of carbonyl (C=O) groups excluding carboxylic acids is 1. The lowest BCUT2D eigenvalue weighted by atomic mass is 9.97. The van der Waals surface area contributed by atoms with Gasteiger partial charge in [-0.05, 0) is 45.0 Å². The minimum atomic E-state index is -0.407. The number of esters is 1. The molecule has 0 atom stereocenters. The monoisotopic (exact) mass is 266 g/mol. The first-order valence-electron chi connectivity index (χ1n) is 6.74. The summed E-state index contributed by atoms with van der Waals surface area (Å²) in [4.78, 5) is 13.8. The Morgan fingerprint density at radius 3 is 2.95 bits per heavy atom. The highest BCUT2D eigenvalue weighted by atomic mass is 16.5. The topological polar surface area (TPSA) is 54.7 Å². The highest BCUT2D eigenvalue weighted by Gasteiger charge is 2.19. The average Bonchev–Trinajstić information content (AvgIpc) is 2.87. The Morgan fingerprint density at radius 1 is 1.53 bits per heavy atom. The molecule has 0 aliphatic carbocycles. The lowest BCUT2D eigenvalue weighted by molar-refractivity contribution is 0.0562. The SMILES string of the molecule is COC(=O)c1occc1CN(C)CC1CCNCC1. The number of ether oxygens (including phenoxy) is 1. The molecule has 1 aliphatic heterocycles. The average molecular weight is 266 g/mol. The van der Waals surface area contributed by atoms with Crippen molar-refractivity contribution in [1.29, 1.82) is 0 Å². The number of nitrogens with one attached hydrogen (secondary N) is 1. The molecular weight excluding hydrogens is 244 g/mol. The van der Waals surface area contributed by atoms with Crippen molar-refractivity contribution in [2.45, 2.75) is 19.4 Å². The van der Waals surface area contributed by atoms with Crippen molar-refractivity contribution in [2.24, 2.45) is 5.92 Å². The van der Waals surface area contributed by atoms with Crippen LogP contribution in [0.25, 0.3) is 0 Å². The van der Waals surface area contributed by atoms with Gasteiger partial charge in [-0.2, -0.15) is 0 Å². The van der Waals surface area contributed by atoms with E-state index in [1.165, 1.54) is 20.0 Å².